The number of nitrogens with one attached hydrogen (secondary N) is 2. The van der Waals surface area contributed by atoms with E-state index in [9.17, 15) is 13.2 Å². The molecule has 0 aliphatic carbocycles. The van der Waals surface area contributed by atoms with E-state index in [-0.39, 0.29) is 10.8 Å². The van der Waals surface area contributed by atoms with Crippen LogP contribution in [0.15, 0.2) is 71.1 Å². The predicted octanol–water partition coefficient (Wildman–Crippen LogP) is 3.35. The van der Waals surface area contributed by atoms with E-state index >= 15 is 0 Å². The van der Waals surface area contributed by atoms with Crippen molar-refractivity contribution < 1.29 is 17.9 Å². The molecule has 0 fully saturated rings. The summed E-state index contributed by atoms with van der Waals surface area (Å²) in [6, 6.07) is 14.9. The molecule has 0 aliphatic heterocycles. The molecule has 0 saturated heterocycles. The van der Waals surface area contributed by atoms with Crippen LogP contribution in [0.25, 0.3) is 0 Å². The van der Waals surface area contributed by atoms with E-state index in [2.05, 4.69) is 15.0 Å². The molecule has 140 valence electrons. The minimum atomic E-state index is -3.72. The Bertz CT molecular complexity index is 989. The Hall–Kier alpha value is -2.91. The lowest BCUT2D eigenvalue weighted by atomic mass is 10.3. The van der Waals surface area contributed by atoms with Gasteiger partial charge in [-0.15, -0.1) is 11.3 Å². The summed E-state index contributed by atoms with van der Waals surface area (Å²) in [7, 11) is -3.72. The van der Waals surface area contributed by atoms with Crippen molar-refractivity contribution in [3.8, 4) is 5.75 Å². The lowest BCUT2D eigenvalue weighted by Gasteiger charge is -2.15. The third kappa shape index (κ3) is 5.05. The van der Waals surface area contributed by atoms with Crippen LogP contribution in [-0.2, 0) is 14.8 Å². The average Bonchev–Trinajstić information content (AvgIpc) is 3.15. The molecule has 9 heteroatoms. The number of carbonyl (C=O) groups excluding carboxylic acids is 1. The fourth-order valence-corrected chi connectivity index (χ4v) is 3.95. The Labute approximate surface area is 161 Å². The molecule has 1 amide bonds. The number of amides is 1. The lowest BCUT2D eigenvalue weighted by Crippen LogP contribution is -2.30. The third-order valence-electron chi connectivity index (χ3n) is 3.51. The molecule has 0 saturated carbocycles. The zero-order valence-corrected chi connectivity index (χ0v) is 16.0. The minimum absolute atomic E-state index is 0.0734. The van der Waals surface area contributed by atoms with Crippen LogP contribution in [0.4, 0.5) is 10.8 Å². The summed E-state index contributed by atoms with van der Waals surface area (Å²) >= 11 is 1.19. The number of para-hydroxylation sites is 1. The molecule has 0 radical (unpaired) electrons. The molecule has 0 bridgehead atoms. The standard InChI is InChI=1S/C18H17N3O4S2/c1-13(25-15-5-3-2-4-6-15)17(22)20-14-7-9-16(10-8-14)27(23,24)21-18-19-11-12-26-18/h2-13H,1H3,(H,19,21)(H,20,22)/t13-/m0/s1. The molecule has 27 heavy (non-hydrogen) atoms. The van der Waals surface area contributed by atoms with Crippen molar-refractivity contribution in [2.75, 3.05) is 10.0 Å². The molecule has 0 unspecified atom stereocenters. The van der Waals surface area contributed by atoms with Crippen LogP contribution in [0.3, 0.4) is 0 Å². The first-order valence-corrected chi connectivity index (χ1v) is 10.4. The van der Waals surface area contributed by atoms with E-state index in [0.717, 1.165) is 0 Å². The van der Waals surface area contributed by atoms with Gasteiger partial charge in [-0.2, -0.15) is 0 Å². The maximum atomic E-state index is 12.3. The monoisotopic (exact) mass is 403 g/mol. The first kappa shape index (κ1) is 18.9. The van der Waals surface area contributed by atoms with Gasteiger partial charge in [0.15, 0.2) is 11.2 Å². The SMILES string of the molecule is C[C@H](Oc1ccccc1)C(=O)Nc1ccc(S(=O)(=O)Nc2nccs2)cc1. The quantitative estimate of drug-likeness (QED) is 0.630. The zero-order chi connectivity index (χ0) is 19.3. The topological polar surface area (TPSA) is 97.4 Å². The summed E-state index contributed by atoms with van der Waals surface area (Å²) in [4.78, 5) is 16.2. The van der Waals surface area contributed by atoms with Gasteiger partial charge >= 0.3 is 0 Å². The largest absolute Gasteiger partial charge is 0.481 e. The highest BCUT2D eigenvalue weighted by Crippen LogP contribution is 2.20. The van der Waals surface area contributed by atoms with E-state index in [1.807, 2.05) is 18.2 Å². The number of anilines is 2. The highest BCUT2D eigenvalue weighted by atomic mass is 32.2. The summed E-state index contributed by atoms with van der Waals surface area (Å²) in [5.41, 5.74) is 0.469. The van der Waals surface area contributed by atoms with Crippen molar-refractivity contribution in [1.82, 2.24) is 4.98 Å². The first-order chi connectivity index (χ1) is 12.9. The van der Waals surface area contributed by atoms with Gasteiger partial charge < -0.3 is 10.1 Å². The molecule has 1 aromatic heterocycles. The number of benzene rings is 2. The van der Waals surface area contributed by atoms with Gasteiger partial charge in [-0.3, -0.25) is 9.52 Å². The second-order valence-corrected chi connectivity index (χ2v) is 8.11. The van der Waals surface area contributed by atoms with Crippen molar-refractivity contribution in [1.29, 1.82) is 0 Å². The zero-order valence-electron chi connectivity index (χ0n) is 14.3. The van der Waals surface area contributed by atoms with E-state index in [1.54, 1.807) is 24.4 Å². The number of ether oxygens (including phenoxy) is 1. The number of carbonyl (C=O) groups is 1. The first-order valence-electron chi connectivity index (χ1n) is 7.99. The van der Waals surface area contributed by atoms with Crippen LogP contribution in [-0.4, -0.2) is 25.4 Å². The molecule has 1 atom stereocenters. The number of aromatic nitrogens is 1. The summed E-state index contributed by atoms with van der Waals surface area (Å²) < 4.78 is 32.5. The van der Waals surface area contributed by atoms with Gasteiger partial charge in [0.2, 0.25) is 0 Å². The van der Waals surface area contributed by atoms with Gasteiger partial charge in [-0.1, -0.05) is 18.2 Å². The third-order valence-corrected chi connectivity index (χ3v) is 5.68. The lowest BCUT2D eigenvalue weighted by molar-refractivity contribution is -0.122. The molecule has 3 rings (SSSR count). The van der Waals surface area contributed by atoms with Gasteiger partial charge in [-0.25, -0.2) is 13.4 Å². The summed E-state index contributed by atoms with van der Waals surface area (Å²) in [6.45, 7) is 1.64. The van der Waals surface area contributed by atoms with Crippen molar-refractivity contribution >= 4 is 38.1 Å². The molecule has 3 aromatic rings. The molecule has 2 aromatic carbocycles. The molecule has 2 N–H and O–H groups in total. The molecular weight excluding hydrogens is 386 g/mol. The summed E-state index contributed by atoms with van der Waals surface area (Å²) in [5, 5.41) is 4.66. The van der Waals surface area contributed by atoms with Crippen molar-refractivity contribution in [3.63, 3.8) is 0 Å². The summed E-state index contributed by atoms with van der Waals surface area (Å²) in [6.07, 6.45) is 0.808. The predicted molar refractivity (Wildman–Crippen MR) is 105 cm³/mol. The van der Waals surface area contributed by atoms with E-state index in [0.29, 0.717) is 16.6 Å². The van der Waals surface area contributed by atoms with Gasteiger partial charge in [0.05, 0.1) is 4.90 Å². The Morgan fingerprint density at radius 3 is 2.44 bits per heavy atom. The van der Waals surface area contributed by atoms with Crippen LogP contribution in [0.1, 0.15) is 6.92 Å². The second kappa shape index (κ2) is 8.19. The van der Waals surface area contributed by atoms with Crippen LogP contribution >= 0.6 is 11.3 Å². The van der Waals surface area contributed by atoms with E-state index in [1.165, 1.54) is 41.8 Å². The van der Waals surface area contributed by atoms with E-state index < -0.39 is 16.1 Å². The Kier molecular flexibility index (Phi) is 5.72. The fourth-order valence-electron chi connectivity index (χ4n) is 2.17. The highest BCUT2D eigenvalue weighted by Gasteiger charge is 2.17. The number of hydrogen-bond donors (Lipinski definition) is 2. The van der Waals surface area contributed by atoms with Crippen LogP contribution in [0.5, 0.6) is 5.75 Å². The minimum Gasteiger partial charge on any atom is -0.481 e. The van der Waals surface area contributed by atoms with Crippen molar-refractivity contribution in [2.24, 2.45) is 0 Å². The average molecular weight is 403 g/mol. The van der Waals surface area contributed by atoms with Gasteiger partial charge in [0.1, 0.15) is 5.75 Å². The Morgan fingerprint density at radius 2 is 1.81 bits per heavy atom. The van der Waals surface area contributed by atoms with Crippen LogP contribution < -0.4 is 14.8 Å². The number of sulfonamides is 1. The number of hydrogen-bond acceptors (Lipinski definition) is 6. The van der Waals surface area contributed by atoms with Crippen LogP contribution in [0, 0.1) is 0 Å². The Balaban J connectivity index is 1.62. The molecule has 0 aliphatic rings. The van der Waals surface area contributed by atoms with Crippen molar-refractivity contribution in [2.45, 2.75) is 17.9 Å². The molecular formula is C18H17N3O4S2. The summed E-state index contributed by atoms with van der Waals surface area (Å²) in [5.74, 6) is 0.255. The molecule has 7 nitrogen and oxygen atoms in total. The van der Waals surface area contributed by atoms with Gasteiger partial charge in [0, 0.05) is 17.3 Å². The second-order valence-electron chi connectivity index (χ2n) is 5.53. The molecule has 1 heterocycles. The normalized spacial score (nSPS) is 12.2. The number of thiazole rings is 1. The van der Waals surface area contributed by atoms with Crippen molar-refractivity contribution in [3.05, 3.63) is 66.2 Å². The highest BCUT2D eigenvalue weighted by molar-refractivity contribution is 7.93. The Morgan fingerprint density at radius 1 is 1.11 bits per heavy atom. The maximum Gasteiger partial charge on any atom is 0.265 e. The van der Waals surface area contributed by atoms with Crippen LogP contribution in [0.2, 0.25) is 0 Å². The number of rotatable bonds is 7. The smallest absolute Gasteiger partial charge is 0.265 e. The fraction of sp³-hybridized carbons (Fsp3) is 0.111. The van der Waals surface area contributed by atoms with Gasteiger partial charge in [0.25, 0.3) is 15.9 Å². The van der Waals surface area contributed by atoms with E-state index in [4.69, 9.17) is 4.74 Å². The number of nitrogens with zero attached hydrogens (tertiary/aromatic N) is 1. The van der Waals surface area contributed by atoms with Gasteiger partial charge in [-0.05, 0) is 43.3 Å². The molecule has 0 spiro atoms. The maximum absolute atomic E-state index is 12.3.